The maximum atomic E-state index is 9.71. The molecule has 0 bridgehead atoms. The Kier molecular flexibility index (Phi) is 12.9. The van der Waals surface area contributed by atoms with Crippen molar-refractivity contribution in [2.24, 2.45) is 35.5 Å². The molecule has 2 saturated carbocycles. The molecule has 1 heterocycles. The van der Waals surface area contributed by atoms with Gasteiger partial charge in [-0.3, -0.25) is 0 Å². The Labute approximate surface area is 176 Å². The molecule has 1 N–H and O–H groups in total. The molecular weight excluding hydrogens is 348 g/mol. The van der Waals surface area contributed by atoms with Crippen LogP contribution < -0.4 is 0 Å². The topological polar surface area (TPSA) is 42.0 Å². The predicted molar refractivity (Wildman–Crippen MR) is 120 cm³/mol. The van der Waals surface area contributed by atoms with Crippen molar-refractivity contribution in [2.75, 3.05) is 19.8 Å². The Morgan fingerprint density at radius 1 is 0.857 bits per heavy atom. The van der Waals surface area contributed by atoms with Crippen molar-refractivity contribution < 1.29 is 14.6 Å². The highest BCUT2D eigenvalue weighted by Crippen LogP contribution is 2.35. The van der Waals surface area contributed by atoms with Crippen molar-refractivity contribution in [1.29, 1.82) is 0 Å². The molecule has 0 amide bonds. The fourth-order valence-electron chi connectivity index (χ4n) is 4.73. The first-order chi connectivity index (χ1) is 13.3. The van der Waals surface area contributed by atoms with Gasteiger partial charge in [0, 0.05) is 6.61 Å². The highest BCUT2D eigenvalue weighted by Gasteiger charge is 2.31. The van der Waals surface area contributed by atoms with Gasteiger partial charge in [0.2, 0.25) is 0 Å². The molecule has 3 aliphatic rings. The summed E-state index contributed by atoms with van der Waals surface area (Å²) in [6.07, 6.45) is 9.25. The minimum Gasteiger partial charge on any atom is -0.393 e. The first kappa shape index (κ1) is 25.9. The molecule has 0 radical (unpaired) electrons. The van der Waals surface area contributed by atoms with Crippen LogP contribution in [0.25, 0.3) is 0 Å². The lowest BCUT2D eigenvalue weighted by molar-refractivity contribution is -0.0379. The van der Waals surface area contributed by atoms with Crippen molar-refractivity contribution >= 4 is 0 Å². The van der Waals surface area contributed by atoms with Gasteiger partial charge in [0.25, 0.3) is 0 Å². The molecule has 0 spiro atoms. The molecule has 0 aromatic carbocycles. The molecule has 1 aliphatic heterocycles. The summed E-state index contributed by atoms with van der Waals surface area (Å²) in [7, 11) is 0. The normalized spacial score (nSPS) is 34.9. The van der Waals surface area contributed by atoms with Crippen LogP contribution in [-0.4, -0.2) is 37.1 Å². The second-order valence-electron chi connectivity index (χ2n) is 10.2. The molecule has 28 heavy (non-hydrogen) atoms. The van der Waals surface area contributed by atoms with Crippen molar-refractivity contribution in [1.82, 2.24) is 0 Å². The summed E-state index contributed by atoms with van der Waals surface area (Å²) >= 11 is 0. The number of aliphatic hydroxyl groups is 1. The number of aliphatic hydroxyl groups excluding tert-OH is 1. The summed E-state index contributed by atoms with van der Waals surface area (Å²) in [4.78, 5) is 0. The predicted octanol–water partition coefficient (Wildman–Crippen LogP) is 6.33. The Bertz CT molecular complexity index is 377. The van der Waals surface area contributed by atoms with E-state index in [0.29, 0.717) is 17.9 Å². The van der Waals surface area contributed by atoms with E-state index < -0.39 is 0 Å². The van der Waals surface area contributed by atoms with Crippen LogP contribution in [0.4, 0.5) is 0 Å². The van der Waals surface area contributed by atoms with E-state index in [9.17, 15) is 5.11 Å². The summed E-state index contributed by atoms with van der Waals surface area (Å²) in [6, 6.07) is 0. The average Bonchev–Trinajstić information content (AvgIpc) is 3.49. The zero-order chi connectivity index (χ0) is 21.1. The van der Waals surface area contributed by atoms with E-state index in [0.717, 1.165) is 56.3 Å². The first-order valence-corrected chi connectivity index (χ1v) is 12.1. The van der Waals surface area contributed by atoms with Crippen LogP contribution in [0.5, 0.6) is 0 Å². The number of hydrogen-bond donors (Lipinski definition) is 1. The highest BCUT2D eigenvalue weighted by molar-refractivity contribution is 4.81. The van der Waals surface area contributed by atoms with Crippen LogP contribution in [0.1, 0.15) is 93.4 Å². The fraction of sp³-hybridized carbons (Fsp3) is 1.00. The van der Waals surface area contributed by atoms with Gasteiger partial charge in [-0.2, -0.15) is 0 Å². The molecule has 3 nitrogen and oxygen atoms in total. The lowest BCUT2D eigenvalue weighted by atomic mass is 9.75. The standard InChI is InChI=1S/C13H26O.C10H20O.C2H4O/c1-5-8-14-13-9-11(4)6-7-12(13)10(2)3;1-7(2)9-5-4-8(3)6-10(9)11;1-2-3-1/h10-13H,5-9H2,1-4H3;7-11H,4-6H2,1-3H3;1-2H2/t11-,12+,13-;8-,9+,10-;/m11./s1. The molecular formula is C25H50O3. The molecule has 168 valence electrons. The van der Waals surface area contributed by atoms with Gasteiger partial charge in [-0.25, -0.2) is 0 Å². The van der Waals surface area contributed by atoms with Gasteiger partial charge in [-0.15, -0.1) is 0 Å². The van der Waals surface area contributed by atoms with Gasteiger partial charge >= 0.3 is 0 Å². The largest absolute Gasteiger partial charge is 0.393 e. The Morgan fingerprint density at radius 3 is 1.79 bits per heavy atom. The van der Waals surface area contributed by atoms with Crippen molar-refractivity contribution in [2.45, 2.75) is 106 Å². The van der Waals surface area contributed by atoms with Crippen LogP contribution in [0.2, 0.25) is 0 Å². The average molecular weight is 399 g/mol. The van der Waals surface area contributed by atoms with E-state index in [-0.39, 0.29) is 6.10 Å². The molecule has 0 aromatic rings. The van der Waals surface area contributed by atoms with Crippen molar-refractivity contribution in [3.8, 4) is 0 Å². The zero-order valence-electron chi connectivity index (χ0n) is 20.0. The van der Waals surface area contributed by atoms with Gasteiger partial charge in [-0.05, 0) is 67.6 Å². The van der Waals surface area contributed by atoms with Crippen LogP contribution in [0.3, 0.4) is 0 Å². The summed E-state index contributed by atoms with van der Waals surface area (Å²) in [5.74, 6) is 4.40. The third-order valence-electron chi connectivity index (χ3n) is 6.69. The fourth-order valence-corrected chi connectivity index (χ4v) is 4.73. The second-order valence-corrected chi connectivity index (χ2v) is 10.2. The van der Waals surface area contributed by atoms with Crippen LogP contribution >= 0.6 is 0 Å². The van der Waals surface area contributed by atoms with Crippen LogP contribution in [0, 0.1) is 35.5 Å². The van der Waals surface area contributed by atoms with E-state index in [1.165, 1.54) is 32.1 Å². The molecule has 3 heteroatoms. The minimum atomic E-state index is -0.0289. The molecule has 6 atom stereocenters. The third kappa shape index (κ3) is 10.6. The van der Waals surface area contributed by atoms with E-state index in [1.807, 2.05) is 0 Å². The minimum absolute atomic E-state index is 0.0289. The lowest BCUT2D eigenvalue weighted by Crippen LogP contribution is -2.34. The van der Waals surface area contributed by atoms with Gasteiger partial charge in [-0.1, -0.05) is 61.3 Å². The smallest absolute Gasteiger partial charge is 0.0701 e. The molecule has 0 aromatic heterocycles. The third-order valence-corrected chi connectivity index (χ3v) is 6.69. The molecule has 3 fully saturated rings. The molecule has 1 saturated heterocycles. The molecule has 0 unspecified atom stereocenters. The number of ether oxygens (including phenoxy) is 2. The van der Waals surface area contributed by atoms with E-state index in [4.69, 9.17) is 4.74 Å². The Morgan fingerprint density at radius 2 is 1.36 bits per heavy atom. The summed E-state index contributed by atoms with van der Waals surface area (Å²) in [5, 5.41) is 9.71. The summed E-state index contributed by atoms with van der Waals surface area (Å²) in [5.41, 5.74) is 0. The van der Waals surface area contributed by atoms with Crippen LogP contribution in [-0.2, 0) is 9.47 Å². The number of epoxide rings is 1. The van der Waals surface area contributed by atoms with Crippen molar-refractivity contribution in [3.63, 3.8) is 0 Å². The highest BCUT2D eigenvalue weighted by atomic mass is 16.6. The van der Waals surface area contributed by atoms with Crippen molar-refractivity contribution in [3.05, 3.63) is 0 Å². The number of rotatable bonds is 5. The second kappa shape index (κ2) is 14.0. The first-order valence-electron chi connectivity index (χ1n) is 12.1. The zero-order valence-corrected chi connectivity index (χ0v) is 20.0. The maximum Gasteiger partial charge on any atom is 0.0701 e. The summed E-state index contributed by atoms with van der Waals surface area (Å²) < 4.78 is 10.5. The lowest BCUT2D eigenvalue weighted by Gasteiger charge is -2.37. The maximum absolute atomic E-state index is 9.71. The molecule has 3 rings (SSSR count). The Hall–Kier alpha value is -0.120. The quantitative estimate of drug-likeness (QED) is 0.550. The van der Waals surface area contributed by atoms with Gasteiger partial charge in [0.1, 0.15) is 0 Å². The summed E-state index contributed by atoms with van der Waals surface area (Å²) in [6.45, 7) is 18.8. The Balaban J connectivity index is 0.000000247. The van der Waals surface area contributed by atoms with Crippen LogP contribution in [0.15, 0.2) is 0 Å². The van der Waals surface area contributed by atoms with E-state index in [2.05, 4.69) is 53.2 Å². The molecule has 2 aliphatic carbocycles. The van der Waals surface area contributed by atoms with Gasteiger partial charge < -0.3 is 14.6 Å². The number of hydrogen-bond acceptors (Lipinski definition) is 3. The van der Waals surface area contributed by atoms with E-state index in [1.54, 1.807) is 0 Å². The van der Waals surface area contributed by atoms with E-state index >= 15 is 0 Å². The SMILES string of the molecule is C1CO1.CC(C)[C@@H]1CC[C@@H](C)C[C@H]1O.CCCO[C@@H]1C[C@H](C)CC[C@H]1C(C)C. The van der Waals surface area contributed by atoms with Gasteiger partial charge in [0.05, 0.1) is 25.4 Å². The monoisotopic (exact) mass is 398 g/mol. The van der Waals surface area contributed by atoms with Gasteiger partial charge in [0.15, 0.2) is 0 Å².